The quantitative estimate of drug-likeness (QED) is 0.735. The van der Waals surface area contributed by atoms with Crippen LogP contribution in [0.2, 0.25) is 10.0 Å². The fourth-order valence-electron chi connectivity index (χ4n) is 2.30. The van der Waals surface area contributed by atoms with Crippen LogP contribution in [0.3, 0.4) is 0 Å². The molecule has 1 aliphatic carbocycles. The summed E-state index contributed by atoms with van der Waals surface area (Å²) in [6, 6.07) is 2.74. The van der Waals surface area contributed by atoms with Crippen molar-refractivity contribution in [3.8, 4) is 0 Å². The van der Waals surface area contributed by atoms with Gasteiger partial charge in [-0.3, -0.25) is 4.79 Å². The van der Waals surface area contributed by atoms with E-state index in [0.29, 0.717) is 12.1 Å². The molecule has 1 amide bonds. The van der Waals surface area contributed by atoms with Crippen molar-refractivity contribution in [2.75, 3.05) is 5.73 Å². The summed E-state index contributed by atoms with van der Waals surface area (Å²) in [5.41, 5.74) is 6.27. The molecule has 4 N–H and O–H groups in total. The van der Waals surface area contributed by atoms with Crippen LogP contribution in [-0.2, 0) is 0 Å². The first-order valence-corrected chi connectivity index (χ1v) is 6.98. The van der Waals surface area contributed by atoms with Gasteiger partial charge < -0.3 is 16.2 Å². The molecule has 0 aromatic heterocycles. The molecule has 1 fully saturated rings. The molecule has 6 heteroatoms. The van der Waals surface area contributed by atoms with Gasteiger partial charge in [-0.25, -0.2) is 0 Å². The molecule has 1 aliphatic rings. The summed E-state index contributed by atoms with van der Waals surface area (Å²) in [6.45, 7) is 0. The molecule has 1 aromatic carbocycles. The number of aliphatic hydroxyl groups is 1. The van der Waals surface area contributed by atoms with Gasteiger partial charge in [0.15, 0.2) is 0 Å². The van der Waals surface area contributed by atoms with Gasteiger partial charge in [0.25, 0.3) is 5.91 Å². The van der Waals surface area contributed by atoms with Gasteiger partial charge in [0, 0.05) is 5.69 Å². The van der Waals surface area contributed by atoms with Crippen molar-refractivity contribution in [1.29, 1.82) is 0 Å². The van der Waals surface area contributed by atoms with Crippen molar-refractivity contribution in [2.45, 2.75) is 37.8 Å². The molecule has 2 atom stereocenters. The number of hydrogen-bond acceptors (Lipinski definition) is 3. The minimum absolute atomic E-state index is 0.179. The molecule has 104 valence electrons. The molecule has 2 rings (SSSR count). The van der Waals surface area contributed by atoms with Crippen LogP contribution in [0.25, 0.3) is 0 Å². The molecule has 0 spiro atoms. The van der Waals surface area contributed by atoms with E-state index in [9.17, 15) is 9.90 Å². The minimum atomic E-state index is -0.506. The summed E-state index contributed by atoms with van der Waals surface area (Å²) in [5, 5.41) is 13.1. The zero-order valence-corrected chi connectivity index (χ0v) is 11.8. The monoisotopic (exact) mass is 302 g/mol. The molecule has 1 aromatic rings. The predicted octanol–water partition coefficient (Wildman–Crippen LogP) is 2.61. The van der Waals surface area contributed by atoms with Gasteiger partial charge in [-0.15, -0.1) is 0 Å². The Morgan fingerprint density at radius 2 is 2.00 bits per heavy atom. The predicted molar refractivity (Wildman–Crippen MR) is 76.6 cm³/mol. The smallest absolute Gasteiger partial charge is 0.253 e. The number of nitrogen functional groups attached to an aromatic ring is 1. The molecule has 0 radical (unpaired) electrons. The highest BCUT2D eigenvalue weighted by Gasteiger charge is 2.26. The van der Waals surface area contributed by atoms with Gasteiger partial charge in [0.1, 0.15) is 0 Å². The maximum absolute atomic E-state index is 12.2. The van der Waals surface area contributed by atoms with Crippen LogP contribution in [0.1, 0.15) is 36.0 Å². The summed E-state index contributed by atoms with van der Waals surface area (Å²) in [5.74, 6) is -0.356. The lowest BCUT2D eigenvalue weighted by Crippen LogP contribution is -2.45. The fraction of sp³-hybridized carbons (Fsp3) is 0.462. The second-order valence-corrected chi connectivity index (χ2v) is 5.58. The van der Waals surface area contributed by atoms with Crippen molar-refractivity contribution >= 4 is 34.8 Å². The number of amides is 1. The molecule has 4 nitrogen and oxygen atoms in total. The number of aliphatic hydroxyl groups excluding tert-OH is 1. The van der Waals surface area contributed by atoms with Crippen molar-refractivity contribution in [2.24, 2.45) is 0 Å². The summed E-state index contributed by atoms with van der Waals surface area (Å²) in [6.07, 6.45) is 2.94. The van der Waals surface area contributed by atoms with E-state index >= 15 is 0 Å². The zero-order chi connectivity index (χ0) is 14.0. The van der Waals surface area contributed by atoms with Crippen LogP contribution < -0.4 is 11.1 Å². The Morgan fingerprint density at radius 3 is 2.68 bits per heavy atom. The third kappa shape index (κ3) is 3.32. The van der Waals surface area contributed by atoms with E-state index in [1.807, 2.05) is 0 Å². The lowest BCUT2D eigenvalue weighted by Gasteiger charge is -2.28. The fourth-order valence-corrected chi connectivity index (χ4v) is 2.72. The van der Waals surface area contributed by atoms with Crippen LogP contribution >= 0.6 is 23.2 Å². The summed E-state index contributed by atoms with van der Waals surface area (Å²) < 4.78 is 0. The van der Waals surface area contributed by atoms with Crippen LogP contribution in [0.5, 0.6) is 0 Å². The standard InChI is InChI=1S/C13H16Cl2N2O2/c14-9-6-7(16)5-8(12(9)15)13(19)17-10-3-1-2-4-11(10)18/h5-6,10-11,18H,1-4,16H2,(H,17,19)/t10-,11-/m1/s1. The normalized spacial score (nSPS) is 23.1. The number of benzene rings is 1. The van der Waals surface area contributed by atoms with E-state index in [2.05, 4.69) is 5.32 Å². The Bertz CT molecular complexity index is 494. The van der Waals surface area contributed by atoms with Gasteiger partial charge in [-0.1, -0.05) is 36.0 Å². The summed E-state index contributed by atoms with van der Waals surface area (Å²) >= 11 is 11.9. The van der Waals surface area contributed by atoms with Crippen LogP contribution in [0.15, 0.2) is 12.1 Å². The number of carbonyl (C=O) groups excluding carboxylic acids is 1. The highest BCUT2D eigenvalue weighted by molar-refractivity contribution is 6.44. The van der Waals surface area contributed by atoms with Gasteiger partial charge >= 0.3 is 0 Å². The molecule has 0 heterocycles. The summed E-state index contributed by atoms with van der Waals surface area (Å²) in [4.78, 5) is 12.2. The van der Waals surface area contributed by atoms with Crippen molar-refractivity contribution in [3.63, 3.8) is 0 Å². The maximum Gasteiger partial charge on any atom is 0.253 e. The van der Waals surface area contributed by atoms with Crippen LogP contribution in [-0.4, -0.2) is 23.2 Å². The van der Waals surface area contributed by atoms with Gasteiger partial charge in [-0.2, -0.15) is 0 Å². The number of hydrogen-bond donors (Lipinski definition) is 3. The second kappa shape index (κ2) is 5.99. The molecule has 0 aliphatic heterocycles. The molecular formula is C13H16Cl2N2O2. The average Bonchev–Trinajstić information content (AvgIpc) is 2.36. The lowest BCUT2D eigenvalue weighted by atomic mass is 9.92. The first-order valence-electron chi connectivity index (χ1n) is 6.22. The average molecular weight is 303 g/mol. The second-order valence-electron chi connectivity index (χ2n) is 4.80. The molecule has 0 unspecified atom stereocenters. The number of carbonyl (C=O) groups is 1. The van der Waals surface area contributed by atoms with Gasteiger partial charge in [-0.05, 0) is 25.0 Å². The zero-order valence-electron chi connectivity index (χ0n) is 10.3. The first kappa shape index (κ1) is 14.4. The molecular weight excluding hydrogens is 287 g/mol. The van der Waals surface area contributed by atoms with Crippen molar-refractivity contribution in [3.05, 3.63) is 27.7 Å². The lowest BCUT2D eigenvalue weighted by molar-refractivity contribution is 0.0717. The Labute approximate surface area is 121 Å². The number of anilines is 1. The Hall–Kier alpha value is -0.970. The number of nitrogens with two attached hydrogens (primary N) is 1. The topological polar surface area (TPSA) is 75.4 Å². The molecule has 0 saturated heterocycles. The van der Waals surface area contributed by atoms with Crippen LogP contribution in [0.4, 0.5) is 5.69 Å². The van der Waals surface area contributed by atoms with Gasteiger partial charge in [0.05, 0.1) is 27.8 Å². The van der Waals surface area contributed by atoms with E-state index in [-0.39, 0.29) is 27.6 Å². The van der Waals surface area contributed by atoms with Crippen molar-refractivity contribution < 1.29 is 9.90 Å². The van der Waals surface area contributed by atoms with E-state index in [1.54, 1.807) is 0 Å². The molecule has 19 heavy (non-hydrogen) atoms. The number of halogens is 2. The van der Waals surface area contributed by atoms with Crippen molar-refractivity contribution in [1.82, 2.24) is 5.32 Å². The molecule has 1 saturated carbocycles. The Morgan fingerprint density at radius 1 is 1.32 bits per heavy atom. The number of nitrogens with one attached hydrogen (secondary N) is 1. The third-order valence-electron chi connectivity index (χ3n) is 3.34. The number of rotatable bonds is 2. The third-order valence-corrected chi connectivity index (χ3v) is 4.14. The Balaban J connectivity index is 2.15. The van der Waals surface area contributed by atoms with E-state index < -0.39 is 6.10 Å². The van der Waals surface area contributed by atoms with E-state index in [0.717, 1.165) is 19.3 Å². The van der Waals surface area contributed by atoms with E-state index in [4.69, 9.17) is 28.9 Å². The van der Waals surface area contributed by atoms with Gasteiger partial charge in [0.2, 0.25) is 0 Å². The summed E-state index contributed by atoms with van der Waals surface area (Å²) in [7, 11) is 0. The highest BCUT2D eigenvalue weighted by Crippen LogP contribution is 2.29. The highest BCUT2D eigenvalue weighted by atomic mass is 35.5. The molecule has 0 bridgehead atoms. The van der Waals surface area contributed by atoms with Crippen LogP contribution in [0, 0.1) is 0 Å². The van der Waals surface area contributed by atoms with E-state index in [1.165, 1.54) is 12.1 Å². The first-order chi connectivity index (χ1) is 8.99. The minimum Gasteiger partial charge on any atom is -0.399 e. The Kier molecular flexibility index (Phi) is 4.55. The largest absolute Gasteiger partial charge is 0.399 e. The maximum atomic E-state index is 12.2. The SMILES string of the molecule is Nc1cc(Cl)c(Cl)c(C(=O)N[C@@H]2CCCC[C@H]2O)c1.